The van der Waals surface area contributed by atoms with Crippen LogP contribution in [0.5, 0.6) is 5.75 Å². The lowest BCUT2D eigenvalue weighted by molar-refractivity contribution is -0.139. The summed E-state index contributed by atoms with van der Waals surface area (Å²) in [4.78, 5) is 34.8. The van der Waals surface area contributed by atoms with Crippen molar-refractivity contribution in [2.75, 3.05) is 40.0 Å². The molecule has 0 saturated carbocycles. The van der Waals surface area contributed by atoms with Gasteiger partial charge in [0.2, 0.25) is 0 Å². The third-order valence-electron chi connectivity index (χ3n) is 3.98. The smallest absolute Gasteiger partial charge is 0.329 e. The van der Waals surface area contributed by atoms with Crippen molar-refractivity contribution in [3.05, 3.63) is 29.8 Å². The van der Waals surface area contributed by atoms with Gasteiger partial charge in [-0.2, -0.15) is 5.10 Å². The molecule has 3 N–H and O–H groups in total. The van der Waals surface area contributed by atoms with E-state index in [2.05, 4.69) is 21.2 Å². The molecule has 1 aromatic rings. The molecule has 0 aliphatic carbocycles. The molecule has 1 aromatic carbocycles. The fraction of sp³-hybridized carbons (Fsp3) is 0.474. The Labute approximate surface area is 169 Å². The van der Waals surface area contributed by atoms with Crippen LogP contribution in [0.1, 0.15) is 18.4 Å². The highest BCUT2D eigenvalue weighted by molar-refractivity contribution is 6.35. The van der Waals surface area contributed by atoms with Crippen LogP contribution in [0.3, 0.4) is 0 Å². The Morgan fingerprint density at radius 3 is 2.69 bits per heavy atom. The van der Waals surface area contributed by atoms with Gasteiger partial charge in [-0.3, -0.25) is 14.4 Å². The van der Waals surface area contributed by atoms with E-state index in [-0.39, 0.29) is 25.2 Å². The van der Waals surface area contributed by atoms with E-state index in [4.69, 9.17) is 14.2 Å². The van der Waals surface area contributed by atoms with Crippen LogP contribution in [0, 0.1) is 0 Å². The van der Waals surface area contributed by atoms with Crippen molar-refractivity contribution in [1.82, 2.24) is 16.1 Å². The first-order valence-corrected chi connectivity index (χ1v) is 9.30. The molecule has 1 atom stereocenters. The quantitative estimate of drug-likeness (QED) is 0.209. The Kier molecular flexibility index (Phi) is 9.60. The molecule has 10 heteroatoms. The Morgan fingerprint density at radius 1 is 1.21 bits per heavy atom. The number of nitrogens with zero attached hydrogens (tertiary/aromatic N) is 1. The second-order valence-corrected chi connectivity index (χ2v) is 6.24. The van der Waals surface area contributed by atoms with E-state index in [1.165, 1.54) is 13.3 Å². The fourth-order valence-corrected chi connectivity index (χ4v) is 2.45. The standard InChI is InChI=1S/C19H26N4O6/c1-27-10-8-20-18(25)19(26)23-22-11-14-4-6-15(7-5-14)29-13-17(24)21-12-16-3-2-9-28-16/h4-7,11,16H,2-3,8-10,12-13H2,1H3,(H,20,25)(H,21,24)(H,23,26)/b22-11-/t16-/m0/s1. The second kappa shape index (κ2) is 12.5. The molecule has 0 bridgehead atoms. The summed E-state index contributed by atoms with van der Waals surface area (Å²) in [5, 5.41) is 8.88. The second-order valence-electron chi connectivity index (χ2n) is 6.24. The molecule has 10 nitrogen and oxygen atoms in total. The molecular formula is C19H26N4O6. The van der Waals surface area contributed by atoms with Gasteiger partial charge in [0, 0.05) is 26.8 Å². The maximum Gasteiger partial charge on any atom is 0.329 e. The van der Waals surface area contributed by atoms with E-state index >= 15 is 0 Å². The van der Waals surface area contributed by atoms with Crippen molar-refractivity contribution in [2.24, 2.45) is 5.10 Å². The van der Waals surface area contributed by atoms with Crippen molar-refractivity contribution in [2.45, 2.75) is 18.9 Å². The lowest BCUT2D eigenvalue weighted by atomic mass is 10.2. The van der Waals surface area contributed by atoms with E-state index in [1.807, 2.05) is 0 Å². The number of nitrogens with one attached hydrogen (secondary N) is 3. The summed E-state index contributed by atoms with van der Waals surface area (Å²) in [6, 6.07) is 6.75. The third-order valence-corrected chi connectivity index (χ3v) is 3.98. The molecule has 158 valence electrons. The molecule has 1 fully saturated rings. The number of benzene rings is 1. The lowest BCUT2D eigenvalue weighted by Gasteiger charge is -2.11. The van der Waals surface area contributed by atoms with Crippen LogP contribution < -0.4 is 20.8 Å². The van der Waals surface area contributed by atoms with Gasteiger partial charge in [0.15, 0.2) is 6.61 Å². The highest BCUT2D eigenvalue weighted by Crippen LogP contribution is 2.12. The Hall–Kier alpha value is -2.98. The van der Waals surface area contributed by atoms with E-state index in [0.717, 1.165) is 19.4 Å². The molecule has 1 aliphatic rings. The van der Waals surface area contributed by atoms with Gasteiger partial charge in [0.05, 0.1) is 18.9 Å². The summed E-state index contributed by atoms with van der Waals surface area (Å²) in [5.41, 5.74) is 2.81. The predicted octanol–water partition coefficient (Wildman–Crippen LogP) is -0.427. The fourth-order valence-electron chi connectivity index (χ4n) is 2.45. The number of hydrogen-bond acceptors (Lipinski definition) is 7. The Morgan fingerprint density at radius 2 is 2.00 bits per heavy atom. The third kappa shape index (κ3) is 8.71. The molecular weight excluding hydrogens is 380 g/mol. The highest BCUT2D eigenvalue weighted by atomic mass is 16.5. The normalized spacial score (nSPS) is 15.8. The van der Waals surface area contributed by atoms with Crippen LogP contribution in [-0.2, 0) is 23.9 Å². The zero-order valence-electron chi connectivity index (χ0n) is 16.3. The van der Waals surface area contributed by atoms with E-state index in [1.54, 1.807) is 24.3 Å². The zero-order valence-corrected chi connectivity index (χ0v) is 16.3. The van der Waals surface area contributed by atoms with Crippen LogP contribution in [0.2, 0.25) is 0 Å². The summed E-state index contributed by atoms with van der Waals surface area (Å²) in [7, 11) is 1.49. The minimum Gasteiger partial charge on any atom is -0.484 e. The minimum atomic E-state index is -0.869. The van der Waals surface area contributed by atoms with Crippen LogP contribution in [-0.4, -0.2) is 70.1 Å². The van der Waals surface area contributed by atoms with E-state index in [0.29, 0.717) is 24.5 Å². The first-order chi connectivity index (χ1) is 14.1. The van der Waals surface area contributed by atoms with E-state index in [9.17, 15) is 14.4 Å². The Bertz CT molecular complexity index is 701. The lowest BCUT2D eigenvalue weighted by Crippen LogP contribution is -2.39. The van der Waals surface area contributed by atoms with Crippen LogP contribution in [0.25, 0.3) is 0 Å². The maximum atomic E-state index is 11.8. The molecule has 1 aliphatic heterocycles. The zero-order chi connectivity index (χ0) is 20.9. The van der Waals surface area contributed by atoms with Gasteiger partial charge in [0.1, 0.15) is 5.75 Å². The van der Waals surface area contributed by atoms with Gasteiger partial charge in [-0.15, -0.1) is 0 Å². The van der Waals surface area contributed by atoms with Gasteiger partial charge in [-0.1, -0.05) is 0 Å². The van der Waals surface area contributed by atoms with Gasteiger partial charge in [-0.25, -0.2) is 5.43 Å². The molecule has 2 rings (SSSR count). The summed E-state index contributed by atoms with van der Waals surface area (Å²) in [6.45, 7) is 1.70. The first kappa shape index (κ1) is 22.3. The molecule has 29 heavy (non-hydrogen) atoms. The number of hydrazone groups is 1. The summed E-state index contributed by atoms with van der Waals surface area (Å²) < 4.78 is 15.6. The number of hydrogen-bond donors (Lipinski definition) is 3. The van der Waals surface area contributed by atoms with Gasteiger partial charge >= 0.3 is 11.8 Å². The topological polar surface area (TPSA) is 127 Å². The molecule has 3 amide bonds. The van der Waals surface area contributed by atoms with Crippen LogP contribution in [0.15, 0.2) is 29.4 Å². The van der Waals surface area contributed by atoms with Crippen molar-refractivity contribution in [3.63, 3.8) is 0 Å². The molecule has 0 aromatic heterocycles. The van der Waals surface area contributed by atoms with E-state index < -0.39 is 11.8 Å². The Balaban J connectivity index is 1.66. The summed E-state index contributed by atoms with van der Waals surface area (Å²) >= 11 is 0. The SMILES string of the molecule is COCCNC(=O)C(=O)N/N=C\c1ccc(OCC(=O)NC[C@@H]2CCCO2)cc1. The van der Waals surface area contributed by atoms with Gasteiger partial charge in [0.25, 0.3) is 5.91 Å². The van der Waals surface area contributed by atoms with Crippen LogP contribution in [0.4, 0.5) is 0 Å². The number of carbonyl (C=O) groups excluding carboxylic acids is 3. The van der Waals surface area contributed by atoms with Crippen molar-refractivity contribution in [1.29, 1.82) is 0 Å². The molecule has 0 radical (unpaired) electrons. The van der Waals surface area contributed by atoms with Crippen molar-refractivity contribution >= 4 is 23.9 Å². The molecule has 0 unspecified atom stereocenters. The average molecular weight is 406 g/mol. The minimum absolute atomic E-state index is 0.0889. The van der Waals surface area contributed by atoms with Gasteiger partial charge in [-0.05, 0) is 42.7 Å². The number of rotatable bonds is 10. The number of ether oxygens (including phenoxy) is 3. The van der Waals surface area contributed by atoms with Crippen molar-refractivity contribution < 1.29 is 28.6 Å². The molecule has 1 saturated heterocycles. The largest absolute Gasteiger partial charge is 0.484 e. The molecule has 0 spiro atoms. The predicted molar refractivity (Wildman–Crippen MR) is 105 cm³/mol. The van der Waals surface area contributed by atoms with Crippen molar-refractivity contribution in [3.8, 4) is 5.75 Å². The van der Waals surface area contributed by atoms with Crippen LogP contribution >= 0.6 is 0 Å². The maximum absolute atomic E-state index is 11.8. The van der Waals surface area contributed by atoms with Gasteiger partial charge < -0.3 is 24.8 Å². The summed E-state index contributed by atoms with van der Waals surface area (Å²) in [6.07, 6.45) is 3.47. The average Bonchev–Trinajstić information content (AvgIpc) is 3.25. The first-order valence-electron chi connectivity index (χ1n) is 9.30. The summed E-state index contributed by atoms with van der Waals surface area (Å²) in [5.74, 6) is -1.35. The number of carbonyl (C=O) groups is 3. The monoisotopic (exact) mass is 406 g/mol. The number of methoxy groups -OCH3 is 1. The number of amides is 3. The molecule has 1 heterocycles. The highest BCUT2D eigenvalue weighted by Gasteiger charge is 2.16.